The minimum atomic E-state index is -0.314. The third kappa shape index (κ3) is 3.17. The Morgan fingerprint density at radius 2 is 1.96 bits per heavy atom. The molecule has 0 bridgehead atoms. The monoisotopic (exact) mass is 325 g/mol. The van der Waals surface area contributed by atoms with E-state index in [9.17, 15) is 4.79 Å². The van der Waals surface area contributed by atoms with Gasteiger partial charge in [-0.1, -0.05) is 0 Å². The standard InChI is InChI=1S/C16H15N5O3/c1-23-12-4-3-11(7-13(12)24-2)16(22)20-14-8-15(19-9-18-14)21-6-5-17-10-21/h3-10H,1-2H3,(H,18,19,20,22). The first-order valence-electron chi connectivity index (χ1n) is 7.05. The summed E-state index contributed by atoms with van der Waals surface area (Å²) in [6.07, 6.45) is 6.38. The van der Waals surface area contributed by atoms with Crippen LogP contribution in [-0.4, -0.2) is 39.6 Å². The topological polar surface area (TPSA) is 91.2 Å². The van der Waals surface area contributed by atoms with Crippen molar-refractivity contribution in [3.63, 3.8) is 0 Å². The molecular weight excluding hydrogens is 310 g/mol. The maximum Gasteiger partial charge on any atom is 0.256 e. The van der Waals surface area contributed by atoms with Crippen molar-refractivity contribution in [2.75, 3.05) is 19.5 Å². The molecule has 0 saturated heterocycles. The molecule has 0 saturated carbocycles. The number of carbonyl (C=O) groups is 1. The number of methoxy groups -OCH3 is 2. The van der Waals surface area contributed by atoms with Crippen molar-refractivity contribution in [3.05, 3.63) is 54.9 Å². The summed E-state index contributed by atoms with van der Waals surface area (Å²) in [5.41, 5.74) is 0.426. The van der Waals surface area contributed by atoms with Gasteiger partial charge in [0.15, 0.2) is 11.5 Å². The lowest BCUT2D eigenvalue weighted by Crippen LogP contribution is -2.13. The number of anilines is 1. The van der Waals surface area contributed by atoms with Crippen molar-refractivity contribution in [2.45, 2.75) is 0 Å². The summed E-state index contributed by atoms with van der Waals surface area (Å²) in [5, 5.41) is 2.73. The highest BCUT2D eigenvalue weighted by atomic mass is 16.5. The fraction of sp³-hybridized carbons (Fsp3) is 0.125. The summed E-state index contributed by atoms with van der Waals surface area (Å²) in [4.78, 5) is 24.5. The van der Waals surface area contributed by atoms with Crippen LogP contribution in [0.5, 0.6) is 11.5 Å². The Labute approximate surface area is 138 Å². The first-order chi connectivity index (χ1) is 11.7. The fourth-order valence-corrected chi connectivity index (χ4v) is 2.12. The van der Waals surface area contributed by atoms with Crippen molar-refractivity contribution < 1.29 is 14.3 Å². The minimum Gasteiger partial charge on any atom is -0.493 e. The van der Waals surface area contributed by atoms with E-state index in [1.807, 2.05) is 0 Å². The van der Waals surface area contributed by atoms with E-state index in [0.29, 0.717) is 28.7 Å². The van der Waals surface area contributed by atoms with Gasteiger partial charge >= 0.3 is 0 Å². The number of carbonyl (C=O) groups excluding carboxylic acids is 1. The molecule has 0 radical (unpaired) electrons. The van der Waals surface area contributed by atoms with E-state index in [1.54, 1.807) is 47.6 Å². The molecule has 1 N–H and O–H groups in total. The number of rotatable bonds is 5. The van der Waals surface area contributed by atoms with Gasteiger partial charge in [-0.15, -0.1) is 0 Å². The molecule has 2 heterocycles. The van der Waals surface area contributed by atoms with Gasteiger partial charge in [-0.25, -0.2) is 15.0 Å². The quantitative estimate of drug-likeness (QED) is 0.771. The van der Waals surface area contributed by atoms with E-state index in [1.165, 1.54) is 20.5 Å². The predicted molar refractivity (Wildman–Crippen MR) is 86.7 cm³/mol. The molecule has 3 rings (SSSR count). The Hall–Kier alpha value is -3.42. The van der Waals surface area contributed by atoms with Gasteiger partial charge < -0.3 is 14.8 Å². The van der Waals surface area contributed by atoms with Crippen LogP contribution in [0.25, 0.3) is 5.82 Å². The summed E-state index contributed by atoms with van der Waals surface area (Å²) in [7, 11) is 3.05. The average Bonchev–Trinajstić information content (AvgIpc) is 3.16. The molecule has 0 spiro atoms. The third-order valence-electron chi connectivity index (χ3n) is 3.31. The van der Waals surface area contributed by atoms with E-state index in [4.69, 9.17) is 9.47 Å². The van der Waals surface area contributed by atoms with Crippen molar-refractivity contribution in [3.8, 4) is 17.3 Å². The third-order valence-corrected chi connectivity index (χ3v) is 3.31. The maximum atomic E-state index is 12.4. The zero-order valence-electron chi connectivity index (χ0n) is 13.1. The van der Waals surface area contributed by atoms with Gasteiger partial charge in [0.2, 0.25) is 0 Å². The van der Waals surface area contributed by atoms with E-state index in [0.717, 1.165) is 0 Å². The second kappa shape index (κ2) is 6.78. The summed E-state index contributed by atoms with van der Waals surface area (Å²) < 4.78 is 12.1. The molecule has 1 amide bonds. The van der Waals surface area contributed by atoms with Crippen LogP contribution in [0.1, 0.15) is 10.4 Å². The molecule has 122 valence electrons. The maximum absolute atomic E-state index is 12.4. The Balaban J connectivity index is 1.81. The van der Waals surface area contributed by atoms with Crippen molar-refractivity contribution in [2.24, 2.45) is 0 Å². The van der Waals surface area contributed by atoms with Crippen LogP contribution in [0.4, 0.5) is 5.82 Å². The second-order valence-corrected chi connectivity index (χ2v) is 4.76. The number of aromatic nitrogens is 4. The number of imidazole rings is 1. The lowest BCUT2D eigenvalue weighted by Gasteiger charge is -2.10. The molecule has 3 aromatic rings. The highest BCUT2D eigenvalue weighted by Gasteiger charge is 2.12. The molecule has 1 aromatic carbocycles. The number of amides is 1. The summed E-state index contributed by atoms with van der Waals surface area (Å²) >= 11 is 0. The second-order valence-electron chi connectivity index (χ2n) is 4.76. The van der Waals surface area contributed by atoms with Crippen LogP contribution in [0.2, 0.25) is 0 Å². The highest BCUT2D eigenvalue weighted by molar-refractivity contribution is 6.04. The van der Waals surface area contributed by atoms with E-state index in [2.05, 4.69) is 20.3 Å². The highest BCUT2D eigenvalue weighted by Crippen LogP contribution is 2.27. The van der Waals surface area contributed by atoms with Gasteiger partial charge in [0.25, 0.3) is 5.91 Å². The van der Waals surface area contributed by atoms with E-state index >= 15 is 0 Å². The van der Waals surface area contributed by atoms with E-state index in [-0.39, 0.29) is 5.91 Å². The summed E-state index contributed by atoms with van der Waals surface area (Å²) in [6, 6.07) is 6.58. The predicted octanol–water partition coefficient (Wildman–Crippen LogP) is 1.93. The van der Waals surface area contributed by atoms with Crippen LogP contribution < -0.4 is 14.8 Å². The van der Waals surface area contributed by atoms with Crippen LogP contribution in [0.15, 0.2) is 49.3 Å². The first kappa shape index (κ1) is 15.5. The SMILES string of the molecule is COc1ccc(C(=O)Nc2cc(-n3ccnc3)ncn2)cc1OC. The zero-order valence-corrected chi connectivity index (χ0v) is 13.1. The Kier molecular flexibility index (Phi) is 4.37. The fourth-order valence-electron chi connectivity index (χ4n) is 2.12. The van der Waals surface area contributed by atoms with Crippen LogP contribution >= 0.6 is 0 Å². The van der Waals surface area contributed by atoms with Gasteiger partial charge in [-0.05, 0) is 18.2 Å². The van der Waals surface area contributed by atoms with Crippen molar-refractivity contribution >= 4 is 11.7 Å². The number of hydrogen-bond acceptors (Lipinski definition) is 6. The lowest BCUT2D eigenvalue weighted by molar-refractivity contribution is 0.102. The molecule has 24 heavy (non-hydrogen) atoms. The van der Waals surface area contributed by atoms with Crippen molar-refractivity contribution in [1.29, 1.82) is 0 Å². The zero-order chi connectivity index (χ0) is 16.9. The van der Waals surface area contributed by atoms with Gasteiger partial charge in [0.1, 0.15) is 24.3 Å². The van der Waals surface area contributed by atoms with Gasteiger partial charge in [0, 0.05) is 24.0 Å². The molecule has 0 aliphatic carbocycles. The molecule has 0 atom stereocenters. The smallest absolute Gasteiger partial charge is 0.256 e. The normalized spacial score (nSPS) is 10.2. The van der Waals surface area contributed by atoms with Gasteiger partial charge in [0.05, 0.1) is 14.2 Å². The Morgan fingerprint density at radius 1 is 1.12 bits per heavy atom. The molecule has 8 heteroatoms. The van der Waals surface area contributed by atoms with Crippen molar-refractivity contribution in [1.82, 2.24) is 19.5 Å². The average molecular weight is 325 g/mol. The van der Waals surface area contributed by atoms with Crippen LogP contribution in [-0.2, 0) is 0 Å². The molecule has 0 unspecified atom stereocenters. The van der Waals surface area contributed by atoms with E-state index < -0.39 is 0 Å². The lowest BCUT2D eigenvalue weighted by atomic mass is 10.2. The van der Waals surface area contributed by atoms with Crippen LogP contribution in [0.3, 0.4) is 0 Å². The summed E-state index contributed by atoms with van der Waals surface area (Å²) in [6.45, 7) is 0. The molecule has 0 aliphatic rings. The molecule has 8 nitrogen and oxygen atoms in total. The summed E-state index contributed by atoms with van der Waals surface area (Å²) in [5.74, 6) is 1.70. The Morgan fingerprint density at radius 3 is 2.67 bits per heavy atom. The minimum absolute atomic E-state index is 0.314. The molecule has 2 aromatic heterocycles. The van der Waals surface area contributed by atoms with Crippen LogP contribution in [0, 0.1) is 0 Å². The number of nitrogens with one attached hydrogen (secondary N) is 1. The number of benzene rings is 1. The molecular formula is C16H15N5O3. The number of hydrogen-bond donors (Lipinski definition) is 1. The van der Waals surface area contributed by atoms with Gasteiger partial charge in [-0.3, -0.25) is 9.36 Å². The Bertz CT molecular complexity index is 849. The molecule has 0 fully saturated rings. The molecule has 0 aliphatic heterocycles. The number of nitrogens with zero attached hydrogens (tertiary/aromatic N) is 4. The first-order valence-corrected chi connectivity index (χ1v) is 7.05. The largest absolute Gasteiger partial charge is 0.493 e. The number of ether oxygens (including phenoxy) is 2. The van der Waals surface area contributed by atoms with Gasteiger partial charge in [-0.2, -0.15) is 0 Å².